The second kappa shape index (κ2) is 8.29. The summed E-state index contributed by atoms with van der Waals surface area (Å²) >= 11 is 11.8. The van der Waals surface area contributed by atoms with Crippen LogP contribution in [0.4, 0.5) is 0 Å². The van der Waals surface area contributed by atoms with Crippen molar-refractivity contribution < 1.29 is 22.8 Å². The molecule has 12 heteroatoms. The van der Waals surface area contributed by atoms with Crippen molar-refractivity contribution in [1.82, 2.24) is 14.5 Å². The number of halogens is 2. The summed E-state index contributed by atoms with van der Waals surface area (Å²) < 4.78 is 25.7. The Balaban J connectivity index is 1.83. The number of rotatable bonds is 3. The Morgan fingerprint density at radius 1 is 1.24 bits per heavy atom. The number of nitrogens with zero attached hydrogens (tertiary/aromatic N) is 3. The molecule has 2 heterocycles. The summed E-state index contributed by atoms with van der Waals surface area (Å²) in [6, 6.07) is 3.10. The Morgan fingerprint density at radius 3 is 2.62 bits per heavy atom. The smallest absolute Gasteiger partial charge is 0.299 e. The topological polar surface area (TPSA) is 116 Å². The second-order valence-electron chi connectivity index (χ2n) is 6.62. The first kappa shape index (κ1) is 21.5. The minimum Gasteiger partial charge on any atom is -0.350 e. The minimum atomic E-state index is -3.67. The molecule has 1 atom stereocenters. The van der Waals surface area contributed by atoms with E-state index in [2.05, 4.69) is 10.3 Å². The summed E-state index contributed by atoms with van der Waals surface area (Å²) in [6.45, 7) is 0.154. The molecule has 1 aromatic carbocycles. The van der Waals surface area contributed by atoms with Crippen LogP contribution in [0, 0.1) is 0 Å². The zero-order valence-corrected chi connectivity index (χ0v) is 17.7. The van der Waals surface area contributed by atoms with Gasteiger partial charge in [0, 0.05) is 20.1 Å². The van der Waals surface area contributed by atoms with Crippen LogP contribution in [0.2, 0.25) is 10.0 Å². The molecule has 2 aliphatic rings. The normalized spacial score (nSPS) is 21.8. The lowest BCUT2D eigenvalue weighted by atomic mass is 10.1. The SMILES string of the molecule is CN1C(=O)C(=O)C(C(=O)NCc2ccc(Cl)c(Cl)c2)N=C1N1CCCCS1(=O)=O. The number of carbonyl (C=O) groups excluding carboxylic acids is 3. The standard InChI is InChI=1S/C17H18Cl2N4O5S/c1-22-16(26)14(24)13(21-17(22)23-6-2-3-7-29(23,27)28)15(25)20-9-10-4-5-11(18)12(19)8-10/h4-5,8,13H,2-3,6-7,9H2,1H3,(H,20,25). The van der Waals surface area contributed by atoms with Crippen LogP contribution in [-0.2, 0) is 31.0 Å². The molecule has 2 aliphatic heterocycles. The van der Waals surface area contributed by atoms with E-state index < -0.39 is 33.7 Å². The monoisotopic (exact) mass is 460 g/mol. The van der Waals surface area contributed by atoms with E-state index in [-0.39, 0.29) is 24.8 Å². The van der Waals surface area contributed by atoms with E-state index in [0.29, 0.717) is 28.5 Å². The quantitative estimate of drug-likeness (QED) is 0.528. The van der Waals surface area contributed by atoms with Crippen molar-refractivity contribution in [1.29, 1.82) is 0 Å². The third kappa shape index (κ3) is 4.39. The fourth-order valence-corrected chi connectivity index (χ4v) is 4.93. The van der Waals surface area contributed by atoms with E-state index in [0.717, 1.165) is 9.21 Å². The van der Waals surface area contributed by atoms with Gasteiger partial charge in [-0.25, -0.2) is 17.7 Å². The number of guanidine groups is 1. The van der Waals surface area contributed by atoms with Crippen LogP contribution in [0.25, 0.3) is 0 Å². The zero-order valence-electron chi connectivity index (χ0n) is 15.4. The van der Waals surface area contributed by atoms with Crippen molar-refractivity contribution in [2.75, 3.05) is 19.3 Å². The Bertz CT molecular complexity index is 1010. The largest absolute Gasteiger partial charge is 0.350 e. The highest BCUT2D eigenvalue weighted by molar-refractivity contribution is 7.89. The number of likely N-dealkylation sites (N-methyl/N-ethyl adjacent to an activating group) is 1. The lowest BCUT2D eigenvalue weighted by molar-refractivity contribution is -0.145. The maximum absolute atomic E-state index is 12.5. The highest BCUT2D eigenvalue weighted by Gasteiger charge is 2.43. The van der Waals surface area contributed by atoms with E-state index in [1.165, 1.54) is 7.05 Å². The number of Topliss-reactive ketones (excluding diaryl/α,β-unsaturated/α-hetero) is 1. The number of carbonyl (C=O) groups is 3. The highest BCUT2D eigenvalue weighted by atomic mass is 35.5. The molecule has 1 N–H and O–H groups in total. The van der Waals surface area contributed by atoms with Crippen LogP contribution in [-0.4, -0.2) is 66.6 Å². The molecule has 156 valence electrons. The molecule has 0 saturated carbocycles. The minimum absolute atomic E-state index is 0.0242. The van der Waals surface area contributed by atoms with Crippen LogP contribution >= 0.6 is 23.2 Å². The summed E-state index contributed by atoms with van der Waals surface area (Å²) in [5, 5.41) is 3.18. The van der Waals surface area contributed by atoms with Crippen molar-refractivity contribution in [2.24, 2.45) is 4.99 Å². The van der Waals surface area contributed by atoms with Crippen molar-refractivity contribution in [3.63, 3.8) is 0 Å². The Kier molecular flexibility index (Phi) is 6.16. The van der Waals surface area contributed by atoms with Gasteiger partial charge in [0.05, 0.1) is 15.8 Å². The molecule has 0 radical (unpaired) electrons. The lowest BCUT2D eigenvalue weighted by Gasteiger charge is -2.35. The molecule has 0 aliphatic carbocycles. The van der Waals surface area contributed by atoms with Crippen LogP contribution in [0.1, 0.15) is 18.4 Å². The van der Waals surface area contributed by atoms with Crippen LogP contribution in [0.15, 0.2) is 23.2 Å². The Labute approximate surface area is 177 Å². The van der Waals surface area contributed by atoms with Gasteiger partial charge in [0.1, 0.15) is 0 Å². The molecule has 29 heavy (non-hydrogen) atoms. The molecule has 1 saturated heterocycles. The van der Waals surface area contributed by atoms with Gasteiger partial charge in [0.2, 0.25) is 16.0 Å². The average molecular weight is 461 g/mol. The Morgan fingerprint density at radius 2 is 1.97 bits per heavy atom. The van der Waals surface area contributed by atoms with Crippen molar-refractivity contribution in [3.8, 4) is 0 Å². The van der Waals surface area contributed by atoms with E-state index in [9.17, 15) is 22.8 Å². The molecule has 2 amide bonds. The molecular formula is C17H18Cl2N4O5S. The summed E-state index contributed by atoms with van der Waals surface area (Å²) in [5.41, 5.74) is 0.627. The first-order valence-corrected chi connectivity index (χ1v) is 11.1. The molecule has 1 unspecified atom stereocenters. The molecule has 1 aromatic rings. The molecule has 0 spiro atoms. The molecule has 1 fully saturated rings. The number of ketones is 1. The van der Waals surface area contributed by atoms with Gasteiger partial charge in [-0.1, -0.05) is 29.3 Å². The lowest BCUT2D eigenvalue weighted by Crippen LogP contribution is -2.58. The van der Waals surface area contributed by atoms with Gasteiger partial charge < -0.3 is 5.32 Å². The zero-order chi connectivity index (χ0) is 21.3. The second-order valence-corrected chi connectivity index (χ2v) is 9.45. The van der Waals surface area contributed by atoms with Gasteiger partial charge in [-0.05, 0) is 30.5 Å². The Hall–Kier alpha value is -2.17. The fraction of sp³-hybridized carbons (Fsp3) is 0.412. The molecular weight excluding hydrogens is 443 g/mol. The maximum Gasteiger partial charge on any atom is 0.299 e. The van der Waals surface area contributed by atoms with E-state index in [1.807, 2.05) is 0 Å². The number of amides is 2. The summed E-state index contributed by atoms with van der Waals surface area (Å²) in [7, 11) is -2.41. The third-order valence-electron chi connectivity index (χ3n) is 4.58. The van der Waals surface area contributed by atoms with Crippen molar-refractivity contribution in [3.05, 3.63) is 33.8 Å². The van der Waals surface area contributed by atoms with Crippen LogP contribution in [0.3, 0.4) is 0 Å². The molecule has 0 bridgehead atoms. The van der Waals surface area contributed by atoms with Crippen LogP contribution in [0.5, 0.6) is 0 Å². The molecule has 9 nitrogen and oxygen atoms in total. The number of hydrogen-bond acceptors (Lipinski definition) is 6. The van der Waals surface area contributed by atoms with Gasteiger partial charge in [-0.2, -0.15) is 0 Å². The third-order valence-corrected chi connectivity index (χ3v) is 7.14. The predicted octanol–water partition coefficient (Wildman–Crippen LogP) is 0.801. The van der Waals surface area contributed by atoms with E-state index in [4.69, 9.17) is 23.2 Å². The first-order valence-electron chi connectivity index (χ1n) is 8.73. The number of benzene rings is 1. The van der Waals surface area contributed by atoms with Gasteiger partial charge in [-0.15, -0.1) is 0 Å². The van der Waals surface area contributed by atoms with Gasteiger partial charge in [-0.3, -0.25) is 19.3 Å². The number of hydrogen-bond donors (Lipinski definition) is 1. The van der Waals surface area contributed by atoms with Crippen molar-refractivity contribution in [2.45, 2.75) is 25.4 Å². The van der Waals surface area contributed by atoms with Gasteiger partial charge in [0.15, 0.2) is 6.04 Å². The van der Waals surface area contributed by atoms with Crippen molar-refractivity contribution >= 4 is 56.8 Å². The van der Waals surface area contributed by atoms with E-state index >= 15 is 0 Å². The first-order chi connectivity index (χ1) is 13.6. The number of aliphatic imine (C=N–C) groups is 1. The van der Waals surface area contributed by atoms with Crippen LogP contribution < -0.4 is 5.32 Å². The maximum atomic E-state index is 12.5. The summed E-state index contributed by atoms with van der Waals surface area (Å²) in [4.78, 5) is 42.1. The average Bonchev–Trinajstić information content (AvgIpc) is 2.67. The number of sulfonamides is 1. The predicted molar refractivity (Wildman–Crippen MR) is 107 cm³/mol. The molecule has 3 rings (SSSR count). The van der Waals surface area contributed by atoms with E-state index in [1.54, 1.807) is 18.2 Å². The number of nitrogens with one attached hydrogen (secondary N) is 1. The summed E-state index contributed by atoms with van der Waals surface area (Å²) in [6.07, 6.45) is 1.08. The highest BCUT2D eigenvalue weighted by Crippen LogP contribution is 2.23. The molecule has 0 aromatic heterocycles. The van der Waals surface area contributed by atoms with Gasteiger partial charge in [0.25, 0.3) is 17.6 Å². The summed E-state index contributed by atoms with van der Waals surface area (Å²) in [5.74, 6) is -3.14. The van der Waals surface area contributed by atoms with Gasteiger partial charge >= 0.3 is 0 Å². The fourth-order valence-electron chi connectivity index (χ4n) is 2.99.